The molecule has 1 unspecified atom stereocenters. The van der Waals surface area contributed by atoms with E-state index in [1.807, 2.05) is 18.2 Å². The lowest BCUT2D eigenvalue weighted by Gasteiger charge is -2.17. The third-order valence-corrected chi connectivity index (χ3v) is 2.83. The second-order valence-corrected chi connectivity index (χ2v) is 4.29. The normalized spacial score (nSPS) is 25.0. The van der Waals surface area contributed by atoms with Crippen molar-refractivity contribution >= 4 is 5.69 Å². The molecule has 0 fully saturated rings. The van der Waals surface area contributed by atoms with E-state index in [0.717, 1.165) is 17.0 Å². The maximum absolute atomic E-state index is 14.0. The van der Waals surface area contributed by atoms with Gasteiger partial charge in [0.2, 0.25) is 0 Å². The Morgan fingerprint density at radius 3 is 3.00 bits per heavy atom. The summed E-state index contributed by atoms with van der Waals surface area (Å²) in [7, 11) is 1.63. The molecule has 0 saturated carbocycles. The molecule has 15 heavy (non-hydrogen) atoms. The van der Waals surface area contributed by atoms with Gasteiger partial charge in [0.1, 0.15) is 11.4 Å². The summed E-state index contributed by atoms with van der Waals surface area (Å²) in [5, 5.41) is 3.24. The first-order valence-electron chi connectivity index (χ1n) is 5.20. The highest BCUT2D eigenvalue weighted by molar-refractivity contribution is 5.55. The van der Waals surface area contributed by atoms with Crippen molar-refractivity contribution in [2.75, 3.05) is 19.0 Å². The molecule has 0 radical (unpaired) electrons. The monoisotopic (exact) mass is 209 g/mol. The summed E-state index contributed by atoms with van der Waals surface area (Å²) >= 11 is 0. The Balaban J connectivity index is 2.36. The van der Waals surface area contributed by atoms with E-state index in [4.69, 9.17) is 4.74 Å². The molecular formula is C12H16FNO. The lowest BCUT2D eigenvalue weighted by molar-refractivity contribution is 0.183. The van der Waals surface area contributed by atoms with Gasteiger partial charge in [-0.15, -0.1) is 0 Å². The summed E-state index contributed by atoms with van der Waals surface area (Å²) < 4.78 is 19.1. The smallest absolute Gasteiger partial charge is 0.119 e. The molecule has 1 heterocycles. The Labute approximate surface area is 89.4 Å². The zero-order chi connectivity index (χ0) is 10.9. The Morgan fingerprint density at radius 2 is 2.27 bits per heavy atom. The molecule has 1 aromatic carbocycles. The van der Waals surface area contributed by atoms with E-state index in [2.05, 4.69) is 5.32 Å². The third-order valence-electron chi connectivity index (χ3n) is 2.83. The summed E-state index contributed by atoms with van der Waals surface area (Å²) in [6.45, 7) is 2.34. The molecule has 0 amide bonds. The van der Waals surface area contributed by atoms with Crippen LogP contribution in [0.1, 0.15) is 18.9 Å². The molecule has 1 aromatic rings. The van der Waals surface area contributed by atoms with Gasteiger partial charge in [0.15, 0.2) is 0 Å². The predicted octanol–water partition coefficient (Wildman–Crippen LogP) is 2.78. The van der Waals surface area contributed by atoms with Gasteiger partial charge in [0.25, 0.3) is 0 Å². The van der Waals surface area contributed by atoms with Crippen LogP contribution in [0.15, 0.2) is 18.2 Å². The van der Waals surface area contributed by atoms with Crippen LogP contribution in [0.4, 0.5) is 10.1 Å². The van der Waals surface area contributed by atoms with Gasteiger partial charge in [-0.2, -0.15) is 0 Å². The maximum Gasteiger partial charge on any atom is 0.119 e. The van der Waals surface area contributed by atoms with Crippen molar-refractivity contribution in [1.29, 1.82) is 0 Å². The third kappa shape index (κ3) is 2.22. The lowest BCUT2D eigenvalue weighted by Crippen LogP contribution is -2.21. The molecule has 0 bridgehead atoms. The molecule has 2 rings (SSSR count). The van der Waals surface area contributed by atoms with Crippen LogP contribution < -0.4 is 10.1 Å². The standard InChI is InChI=1S/C12H16FNO/c1-12(13)5-6-14-11-4-3-10(15-2)7-9(11)8-12/h3-4,7,14H,5-6,8H2,1-2H3. The fourth-order valence-corrected chi connectivity index (χ4v) is 1.96. The van der Waals surface area contributed by atoms with E-state index in [9.17, 15) is 4.39 Å². The van der Waals surface area contributed by atoms with E-state index in [-0.39, 0.29) is 0 Å². The first-order chi connectivity index (χ1) is 7.11. The fraction of sp³-hybridized carbons (Fsp3) is 0.500. The summed E-state index contributed by atoms with van der Waals surface area (Å²) in [6, 6.07) is 5.76. The number of ether oxygens (including phenoxy) is 1. The van der Waals surface area contributed by atoms with Gasteiger partial charge in [-0.3, -0.25) is 0 Å². The second-order valence-electron chi connectivity index (χ2n) is 4.29. The number of halogens is 1. The highest BCUT2D eigenvalue weighted by atomic mass is 19.1. The summed E-state index contributed by atoms with van der Waals surface area (Å²) in [4.78, 5) is 0. The lowest BCUT2D eigenvalue weighted by atomic mass is 9.96. The van der Waals surface area contributed by atoms with Crippen LogP contribution in [0.5, 0.6) is 5.75 Å². The van der Waals surface area contributed by atoms with Crippen LogP contribution in [0, 0.1) is 0 Å². The summed E-state index contributed by atoms with van der Waals surface area (Å²) in [5.74, 6) is 0.785. The van der Waals surface area contributed by atoms with Crippen molar-refractivity contribution in [1.82, 2.24) is 0 Å². The molecule has 1 N–H and O–H groups in total. The quantitative estimate of drug-likeness (QED) is 0.768. The van der Waals surface area contributed by atoms with E-state index in [0.29, 0.717) is 19.4 Å². The zero-order valence-corrected chi connectivity index (χ0v) is 9.14. The number of alkyl halides is 1. The van der Waals surface area contributed by atoms with Gasteiger partial charge < -0.3 is 10.1 Å². The Bertz CT molecular complexity index is 363. The molecular weight excluding hydrogens is 193 g/mol. The Morgan fingerprint density at radius 1 is 1.47 bits per heavy atom. The van der Waals surface area contributed by atoms with Crippen molar-refractivity contribution in [3.05, 3.63) is 23.8 Å². The van der Waals surface area contributed by atoms with Crippen molar-refractivity contribution in [3.8, 4) is 5.75 Å². The van der Waals surface area contributed by atoms with Crippen molar-refractivity contribution in [2.45, 2.75) is 25.4 Å². The number of rotatable bonds is 1. The van der Waals surface area contributed by atoms with Gasteiger partial charge in [0.05, 0.1) is 7.11 Å². The van der Waals surface area contributed by atoms with Crippen LogP contribution in [0.2, 0.25) is 0 Å². The Hall–Kier alpha value is -1.25. The van der Waals surface area contributed by atoms with E-state index in [1.54, 1.807) is 14.0 Å². The van der Waals surface area contributed by atoms with Crippen LogP contribution >= 0.6 is 0 Å². The maximum atomic E-state index is 14.0. The van der Waals surface area contributed by atoms with E-state index < -0.39 is 5.67 Å². The number of nitrogens with one attached hydrogen (secondary N) is 1. The number of benzene rings is 1. The average Bonchev–Trinajstić information content (AvgIpc) is 2.33. The molecule has 1 atom stereocenters. The predicted molar refractivity (Wildman–Crippen MR) is 59.3 cm³/mol. The van der Waals surface area contributed by atoms with Crippen LogP contribution in [-0.4, -0.2) is 19.3 Å². The largest absolute Gasteiger partial charge is 0.497 e. The average molecular weight is 209 g/mol. The molecule has 1 aliphatic rings. The van der Waals surface area contributed by atoms with E-state index >= 15 is 0 Å². The molecule has 0 aromatic heterocycles. The molecule has 2 nitrogen and oxygen atoms in total. The fourth-order valence-electron chi connectivity index (χ4n) is 1.96. The summed E-state index contributed by atoms with van der Waals surface area (Å²) in [5.41, 5.74) is 0.902. The number of methoxy groups -OCH3 is 1. The molecule has 1 aliphatic heterocycles. The van der Waals surface area contributed by atoms with Crippen molar-refractivity contribution in [2.24, 2.45) is 0 Å². The molecule has 82 valence electrons. The van der Waals surface area contributed by atoms with Gasteiger partial charge in [-0.25, -0.2) is 4.39 Å². The minimum absolute atomic E-state index is 0.451. The first kappa shape index (κ1) is 10.3. The highest BCUT2D eigenvalue weighted by Crippen LogP contribution is 2.31. The molecule has 3 heteroatoms. The van der Waals surface area contributed by atoms with Crippen molar-refractivity contribution < 1.29 is 9.13 Å². The van der Waals surface area contributed by atoms with E-state index in [1.165, 1.54) is 0 Å². The molecule has 0 saturated heterocycles. The van der Waals surface area contributed by atoms with Gasteiger partial charge in [-0.1, -0.05) is 0 Å². The van der Waals surface area contributed by atoms with Gasteiger partial charge in [0, 0.05) is 18.7 Å². The first-order valence-corrected chi connectivity index (χ1v) is 5.20. The second kappa shape index (κ2) is 3.72. The van der Waals surface area contributed by atoms with Crippen molar-refractivity contribution in [3.63, 3.8) is 0 Å². The van der Waals surface area contributed by atoms with Gasteiger partial charge in [-0.05, 0) is 37.1 Å². The van der Waals surface area contributed by atoms with Crippen LogP contribution in [0.3, 0.4) is 0 Å². The van der Waals surface area contributed by atoms with Crippen LogP contribution in [-0.2, 0) is 6.42 Å². The number of hydrogen-bond donors (Lipinski definition) is 1. The highest BCUT2D eigenvalue weighted by Gasteiger charge is 2.27. The Kier molecular flexibility index (Phi) is 2.55. The number of fused-ring (bicyclic) bond motifs is 1. The zero-order valence-electron chi connectivity index (χ0n) is 9.14. The summed E-state index contributed by atoms with van der Waals surface area (Å²) in [6.07, 6.45) is 0.997. The minimum Gasteiger partial charge on any atom is -0.497 e. The number of anilines is 1. The van der Waals surface area contributed by atoms with Gasteiger partial charge >= 0.3 is 0 Å². The minimum atomic E-state index is -1.12. The molecule has 0 spiro atoms. The molecule has 0 aliphatic carbocycles. The topological polar surface area (TPSA) is 21.3 Å². The SMILES string of the molecule is COc1ccc2c(c1)CC(C)(F)CCN2. The van der Waals surface area contributed by atoms with Crippen LogP contribution in [0.25, 0.3) is 0 Å². The number of hydrogen-bond acceptors (Lipinski definition) is 2.